The zero-order valence-corrected chi connectivity index (χ0v) is 18.7. The number of rotatable bonds is 7. The van der Waals surface area contributed by atoms with Crippen molar-refractivity contribution in [2.45, 2.75) is 6.61 Å². The monoisotopic (exact) mass is 465 g/mol. The van der Waals surface area contributed by atoms with Crippen LogP contribution in [0.5, 0.6) is 11.5 Å². The Bertz CT molecular complexity index is 1240. The Morgan fingerprint density at radius 2 is 1.75 bits per heavy atom. The minimum absolute atomic E-state index is 0.253. The van der Waals surface area contributed by atoms with Crippen molar-refractivity contribution in [1.82, 2.24) is 4.90 Å². The fourth-order valence-electron chi connectivity index (χ4n) is 3.23. The minimum atomic E-state index is -1.10. The molecule has 0 bridgehead atoms. The minimum Gasteiger partial charge on any atom is -0.497 e. The number of ether oxygens (including phenoxy) is 2. The van der Waals surface area contributed by atoms with E-state index in [0.717, 1.165) is 50.1 Å². The van der Waals surface area contributed by atoms with Crippen LogP contribution in [0.3, 0.4) is 0 Å². The Morgan fingerprint density at radius 3 is 2.47 bits per heavy atom. The molecule has 0 aliphatic carbocycles. The topological polar surface area (TPSA) is 76.1 Å². The van der Waals surface area contributed by atoms with Gasteiger partial charge in [-0.15, -0.1) is 0 Å². The Kier molecular flexibility index (Phi) is 6.43. The molecular formula is C24H19NO5S2. The van der Waals surface area contributed by atoms with Crippen molar-refractivity contribution in [2.75, 3.05) is 13.7 Å². The van der Waals surface area contributed by atoms with Crippen LogP contribution in [0.2, 0.25) is 0 Å². The third-order valence-corrected chi connectivity index (χ3v) is 6.24. The SMILES string of the molecule is COc1ccc(COc2ccc3cc(/C=C4/SC(=S)N(CC(=O)O)C4=O)ccc3c2)cc1. The van der Waals surface area contributed by atoms with Gasteiger partial charge in [0.15, 0.2) is 0 Å². The van der Waals surface area contributed by atoms with E-state index < -0.39 is 12.5 Å². The zero-order valence-electron chi connectivity index (χ0n) is 17.1. The van der Waals surface area contributed by atoms with E-state index in [-0.39, 0.29) is 10.2 Å². The highest BCUT2D eigenvalue weighted by Crippen LogP contribution is 2.33. The molecule has 3 aromatic rings. The number of carboxylic acids is 1. The van der Waals surface area contributed by atoms with Crippen LogP contribution in [0.1, 0.15) is 11.1 Å². The molecule has 1 heterocycles. The van der Waals surface area contributed by atoms with Crippen LogP contribution >= 0.6 is 24.0 Å². The summed E-state index contributed by atoms with van der Waals surface area (Å²) in [6.45, 7) is 0.0187. The molecule has 1 N–H and O–H groups in total. The van der Waals surface area contributed by atoms with Gasteiger partial charge in [0, 0.05) is 0 Å². The van der Waals surface area contributed by atoms with Crippen molar-refractivity contribution in [1.29, 1.82) is 0 Å². The summed E-state index contributed by atoms with van der Waals surface area (Å²) >= 11 is 6.25. The maximum atomic E-state index is 12.5. The predicted molar refractivity (Wildman–Crippen MR) is 129 cm³/mol. The molecule has 1 amide bonds. The van der Waals surface area contributed by atoms with Crippen molar-refractivity contribution in [3.05, 3.63) is 76.7 Å². The summed E-state index contributed by atoms with van der Waals surface area (Å²) < 4.78 is 11.3. The number of amides is 1. The first-order valence-corrected chi connectivity index (χ1v) is 10.9. The van der Waals surface area contributed by atoms with E-state index in [1.807, 2.05) is 60.7 Å². The summed E-state index contributed by atoms with van der Waals surface area (Å²) in [5, 5.41) is 11.0. The molecule has 32 heavy (non-hydrogen) atoms. The summed E-state index contributed by atoms with van der Waals surface area (Å²) in [7, 11) is 1.63. The number of hydrogen-bond donors (Lipinski definition) is 1. The molecule has 0 spiro atoms. The van der Waals surface area contributed by atoms with Gasteiger partial charge in [-0.3, -0.25) is 14.5 Å². The van der Waals surface area contributed by atoms with Crippen molar-refractivity contribution in [3.63, 3.8) is 0 Å². The van der Waals surface area contributed by atoms with Gasteiger partial charge >= 0.3 is 5.97 Å². The number of fused-ring (bicyclic) bond motifs is 1. The number of carbonyl (C=O) groups excluding carboxylic acids is 1. The largest absolute Gasteiger partial charge is 0.497 e. The molecule has 1 fully saturated rings. The first-order valence-electron chi connectivity index (χ1n) is 9.69. The van der Waals surface area contributed by atoms with Crippen molar-refractivity contribution in [3.8, 4) is 11.5 Å². The van der Waals surface area contributed by atoms with Crippen LogP contribution in [0, 0.1) is 0 Å². The molecule has 0 aromatic heterocycles. The lowest BCUT2D eigenvalue weighted by atomic mass is 10.1. The number of aliphatic carboxylic acids is 1. The fourth-order valence-corrected chi connectivity index (χ4v) is 4.49. The third-order valence-electron chi connectivity index (χ3n) is 4.87. The summed E-state index contributed by atoms with van der Waals surface area (Å²) in [6.07, 6.45) is 1.73. The van der Waals surface area contributed by atoms with Gasteiger partial charge in [-0.2, -0.15) is 0 Å². The quantitative estimate of drug-likeness (QED) is 0.400. The smallest absolute Gasteiger partial charge is 0.323 e. The number of nitrogens with zero attached hydrogens (tertiary/aromatic N) is 1. The van der Waals surface area contributed by atoms with Crippen LogP contribution in [-0.4, -0.2) is 39.9 Å². The molecule has 8 heteroatoms. The average molecular weight is 466 g/mol. The molecule has 6 nitrogen and oxygen atoms in total. The zero-order chi connectivity index (χ0) is 22.7. The fraction of sp³-hybridized carbons (Fsp3) is 0.125. The highest BCUT2D eigenvalue weighted by molar-refractivity contribution is 8.26. The van der Waals surface area contributed by atoms with E-state index in [1.165, 1.54) is 0 Å². The number of thiocarbonyl (C=S) groups is 1. The van der Waals surface area contributed by atoms with Gasteiger partial charge in [0.05, 0.1) is 12.0 Å². The number of methoxy groups -OCH3 is 1. The van der Waals surface area contributed by atoms with Crippen molar-refractivity contribution >= 4 is 57.0 Å². The Hall–Kier alpha value is -3.36. The van der Waals surface area contributed by atoms with Gasteiger partial charge in [-0.05, 0) is 58.3 Å². The van der Waals surface area contributed by atoms with Crippen molar-refractivity contribution < 1.29 is 24.2 Å². The molecule has 1 aliphatic rings. The molecule has 0 unspecified atom stereocenters. The van der Waals surface area contributed by atoms with E-state index in [0.29, 0.717) is 11.5 Å². The second-order valence-corrected chi connectivity index (χ2v) is 8.74. The Labute approximate surface area is 194 Å². The van der Waals surface area contributed by atoms with Gasteiger partial charge in [0.1, 0.15) is 29.0 Å². The standard InChI is InChI=1S/C24H19NO5S2/c1-29-19-7-3-15(4-8-19)14-30-20-9-6-17-10-16(2-5-18(17)12-20)11-21-23(28)25(13-22(26)27)24(31)32-21/h2-12H,13-14H2,1H3,(H,26,27)/b21-11+. The lowest BCUT2D eigenvalue weighted by Gasteiger charge is -2.10. The average Bonchev–Trinajstić information content (AvgIpc) is 3.05. The molecule has 0 atom stereocenters. The summed E-state index contributed by atoms with van der Waals surface area (Å²) in [5.74, 6) is 0.0815. The number of hydrogen-bond acceptors (Lipinski definition) is 6. The van der Waals surface area contributed by atoms with E-state index in [2.05, 4.69) is 0 Å². The molecule has 1 saturated heterocycles. The van der Waals surface area contributed by atoms with Crippen LogP contribution in [0.4, 0.5) is 0 Å². The predicted octanol–water partition coefficient (Wildman–Crippen LogP) is 4.71. The van der Waals surface area contributed by atoms with Gasteiger partial charge < -0.3 is 14.6 Å². The summed E-state index contributed by atoms with van der Waals surface area (Å²) in [6, 6.07) is 19.4. The Morgan fingerprint density at radius 1 is 1.06 bits per heavy atom. The van der Waals surface area contributed by atoms with Crippen LogP contribution < -0.4 is 9.47 Å². The lowest BCUT2D eigenvalue weighted by molar-refractivity contribution is -0.140. The second kappa shape index (κ2) is 9.42. The molecular weight excluding hydrogens is 446 g/mol. The van der Waals surface area contributed by atoms with Gasteiger partial charge in [-0.25, -0.2) is 0 Å². The van der Waals surface area contributed by atoms with Crippen LogP contribution in [0.25, 0.3) is 16.8 Å². The molecule has 0 radical (unpaired) electrons. The second-order valence-electron chi connectivity index (χ2n) is 7.07. The molecule has 3 aromatic carbocycles. The Balaban J connectivity index is 1.48. The van der Waals surface area contributed by atoms with E-state index in [9.17, 15) is 9.59 Å². The number of benzene rings is 3. The highest BCUT2D eigenvalue weighted by atomic mass is 32.2. The molecule has 162 valence electrons. The maximum absolute atomic E-state index is 12.5. The molecule has 0 saturated carbocycles. The lowest BCUT2D eigenvalue weighted by Crippen LogP contribution is -2.33. The first kappa shape index (κ1) is 21.9. The number of carbonyl (C=O) groups is 2. The van der Waals surface area contributed by atoms with Gasteiger partial charge in [0.2, 0.25) is 0 Å². The molecule has 1 aliphatic heterocycles. The maximum Gasteiger partial charge on any atom is 0.323 e. The molecule has 4 rings (SSSR count). The number of thioether (sulfide) groups is 1. The van der Waals surface area contributed by atoms with Gasteiger partial charge in [-0.1, -0.05) is 54.3 Å². The van der Waals surface area contributed by atoms with E-state index in [1.54, 1.807) is 13.2 Å². The van der Waals surface area contributed by atoms with E-state index >= 15 is 0 Å². The summed E-state index contributed by atoms with van der Waals surface area (Å²) in [4.78, 5) is 24.9. The van der Waals surface area contributed by atoms with Crippen LogP contribution in [0.15, 0.2) is 65.6 Å². The third kappa shape index (κ3) is 4.92. The van der Waals surface area contributed by atoms with Gasteiger partial charge in [0.25, 0.3) is 5.91 Å². The first-order chi connectivity index (χ1) is 15.4. The van der Waals surface area contributed by atoms with Crippen LogP contribution in [-0.2, 0) is 16.2 Å². The van der Waals surface area contributed by atoms with E-state index in [4.69, 9.17) is 26.8 Å². The summed E-state index contributed by atoms with van der Waals surface area (Å²) in [5.41, 5.74) is 1.88. The highest BCUT2D eigenvalue weighted by Gasteiger charge is 2.33. The van der Waals surface area contributed by atoms with Crippen molar-refractivity contribution in [2.24, 2.45) is 0 Å². The normalized spacial score (nSPS) is 14.9. The number of carboxylic acid groups (broad SMARTS) is 1.